The van der Waals surface area contributed by atoms with Gasteiger partial charge >= 0.3 is 0 Å². The van der Waals surface area contributed by atoms with E-state index in [9.17, 15) is 13.2 Å². The maximum Gasteiger partial charge on any atom is 0.264 e. The number of benzene rings is 3. The van der Waals surface area contributed by atoms with Crippen molar-refractivity contribution in [2.75, 3.05) is 30.4 Å². The predicted molar refractivity (Wildman–Crippen MR) is 119 cm³/mol. The minimum Gasteiger partial charge on any atom is -0.497 e. The lowest BCUT2D eigenvalue weighted by Crippen LogP contribution is -2.28. The van der Waals surface area contributed by atoms with Crippen molar-refractivity contribution in [3.8, 4) is 5.75 Å². The zero-order valence-corrected chi connectivity index (χ0v) is 18.2. The third-order valence-corrected chi connectivity index (χ3v) is 6.73. The maximum atomic E-state index is 13.0. The van der Waals surface area contributed by atoms with Crippen LogP contribution in [0.25, 0.3) is 0 Å². The predicted octanol–water partition coefficient (Wildman–Crippen LogP) is 4.11. The molecule has 7 heteroatoms. The number of aryl methyl sites for hydroxylation is 1. The largest absolute Gasteiger partial charge is 0.497 e. The van der Waals surface area contributed by atoms with E-state index in [0.717, 1.165) is 5.69 Å². The molecule has 3 aromatic carbocycles. The van der Waals surface area contributed by atoms with Gasteiger partial charge in [0, 0.05) is 25.3 Å². The highest BCUT2D eigenvalue weighted by Crippen LogP contribution is 2.28. The minimum atomic E-state index is -3.75. The van der Waals surface area contributed by atoms with Gasteiger partial charge in [0.1, 0.15) is 5.75 Å². The van der Waals surface area contributed by atoms with E-state index in [0.29, 0.717) is 22.6 Å². The van der Waals surface area contributed by atoms with Crippen LogP contribution >= 0.6 is 0 Å². The first-order valence-corrected chi connectivity index (χ1v) is 10.8. The fraction of sp³-hybridized carbons (Fsp3) is 0.174. The molecule has 156 valence electrons. The molecule has 0 atom stereocenters. The summed E-state index contributed by atoms with van der Waals surface area (Å²) in [6, 6.07) is 20.6. The van der Waals surface area contributed by atoms with E-state index in [1.54, 1.807) is 49.2 Å². The van der Waals surface area contributed by atoms with Crippen molar-refractivity contribution in [1.82, 2.24) is 0 Å². The molecular weight excluding hydrogens is 400 g/mol. The average molecular weight is 425 g/mol. The number of carbonyl (C=O) groups is 1. The second-order valence-electron chi connectivity index (χ2n) is 6.85. The van der Waals surface area contributed by atoms with Crippen molar-refractivity contribution in [3.05, 3.63) is 83.9 Å². The number of methoxy groups -OCH3 is 1. The Morgan fingerprint density at radius 2 is 1.53 bits per heavy atom. The average Bonchev–Trinajstić information content (AvgIpc) is 2.78. The summed E-state index contributed by atoms with van der Waals surface area (Å²) in [5, 5.41) is 0. The number of anilines is 2. The Morgan fingerprint density at radius 3 is 2.10 bits per heavy atom. The molecule has 0 N–H and O–H groups in total. The van der Waals surface area contributed by atoms with Gasteiger partial charge in [-0.05, 0) is 67.1 Å². The summed E-state index contributed by atoms with van der Waals surface area (Å²) in [5.74, 6) is 0.412. The Morgan fingerprint density at radius 1 is 0.900 bits per heavy atom. The molecular formula is C23H24N2O4S. The number of para-hydroxylation sites is 1. The number of hydrogen-bond donors (Lipinski definition) is 0. The molecule has 0 aromatic heterocycles. The number of amides is 1. The lowest BCUT2D eigenvalue weighted by atomic mass is 10.1. The SMILES string of the molecule is COc1ccc(S(=O)(=O)N(C)c2ccc(C(=O)N(C)c3ccccc3)cc2C)cc1. The van der Waals surface area contributed by atoms with Crippen LogP contribution < -0.4 is 13.9 Å². The second-order valence-corrected chi connectivity index (χ2v) is 8.82. The van der Waals surface area contributed by atoms with Crippen LogP contribution in [0, 0.1) is 6.92 Å². The minimum absolute atomic E-state index is 0.161. The zero-order chi connectivity index (χ0) is 21.9. The molecule has 0 radical (unpaired) electrons. The number of sulfonamides is 1. The van der Waals surface area contributed by atoms with Crippen LogP contribution in [-0.4, -0.2) is 35.5 Å². The van der Waals surface area contributed by atoms with Gasteiger partial charge in [-0.3, -0.25) is 9.10 Å². The lowest BCUT2D eigenvalue weighted by Gasteiger charge is -2.23. The number of rotatable bonds is 6. The summed E-state index contributed by atoms with van der Waals surface area (Å²) in [7, 11) is 0.984. The molecule has 0 saturated heterocycles. The van der Waals surface area contributed by atoms with Crippen molar-refractivity contribution in [1.29, 1.82) is 0 Å². The van der Waals surface area contributed by atoms with Crippen LogP contribution in [-0.2, 0) is 10.0 Å². The number of hydrogen-bond acceptors (Lipinski definition) is 4. The molecule has 30 heavy (non-hydrogen) atoms. The first kappa shape index (κ1) is 21.4. The van der Waals surface area contributed by atoms with E-state index in [4.69, 9.17) is 4.74 Å². The van der Waals surface area contributed by atoms with E-state index >= 15 is 0 Å². The monoisotopic (exact) mass is 424 g/mol. The number of ether oxygens (including phenoxy) is 1. The highest BCUT2D eigenvalue weighted by molar-refractivity contribution is 7.92. The van der Waals surface area contributed by atoms with E-state index in [1.807, 2.05) is 30.3 Å². The Labute approximate surface area is 177 Å². The molecule has 0 aliphatic heterocycles. The Bertz CT molecular complexity index is 1140. The Kier molecular flexibility index (Phi) is 6.12. The van der Waals surface area contributed by atoms with E-state index in [1.165, 1.54) is 30.6 Å². The molecule has 1 amide bonds. The number of carbonyl (C=O) groups excluding carboxylic acids is 1. The first-order valence-electron chi connectivity index (χ1n) is 9.32. The third-order valence-electron chi connectivity index (χ3n) is 4.95. The molecule has 0 unspecified atom stereocenters. The maximum absolute atomic E-state index is 13.0. The van der Waals surface area contributed by atoms with Gasteiger partial charge in [-0.15, -0.1) is 0 Å². The Hall–Kier alpha value is -3.32. The molecule has 3 aromatic rings. The Balaban J connectivity index is 1.87. The summed E-state index contributed by atoms with van der Waals surface area (Å²) in [4.78, 5) is 14.6. The van der Waals surface area contributed by atoms with Crippen LogP contribution in [0.4, 0.5) is 11.4 Å². The van der Waals surface area contributed by atoms with Gasteiger partial charge in [0.25, 0.3) is 15.9 Å². The van der Waals surface area contributed by atoms with Crippen molar-refractivity contribution >= 4 is 27.3 Å². The van der Waals surface area contributed by atoms with Gasteiger partial charge in [-0.1, -0.05) is 18.2 Å². The van der Waals surface area contributed by atoms with E-state index in [-0.39, 0.29) is 10.8 Å². The molecule has 6 nitrogen and oxygen atoms in total. The fourth-order valence-electron chi connectivity index (χ4n) is 3.14. The van der Waals surface area contributed by atoms with Gasteiger partial charge in [0.15, 0.2) is 0 Å². The summed E-state index contributed by atoms with van der Waals surface area (Å²) in [5.41, 5.74) is 2.45. The molecule has 0 aliphatic rings. The lowest BCUT2D eigenvalue weighted by molar-refractivity contribution is 0.0993. The normalized spacial score (nSPS) is 11.1. The summed E-state index contributed by atoms with van der Waals surface area (Å²) >= 11 is 0. The highest BCUT2D eigenvalue weighted by atomic mass is 32.2. The van der Waals surface area contributed by atoms with E-state index in [2.05, 4.69) is 0 Å². The van der Waals surface area contributed by atoms with Crippen LogP contribution in [0.1, 0.15) is 15.9 Å². The van der Waals surface area contributed by atoms with Crippen LogP contribution in [0.15, 0.2) is 77.7 Å². The van der Waals surface area contributed by atoms with Crippen LogP contribution in [0.3, 0.4) is 0 Å². The second kappa shape index (κ2) is 8.59. The quantitative estimate of drug-likeness (QED) is 0.597. The molecule has 0 heterocycles. The fourth-order valence-corrected chi connectivity index (χ4v) is 4.40. The standard InChI is InChI=1S/C23H24N2O4S/c1-17-16-18(23(26)24(2)19-8-6-5-7-9-19)10-15-22(17)25(3)30(27,28)21-13-11-20(29-4)12-14-21/h5-16H,1-4H3. The molecule has 0 bridgehead atoms. The van der Waals surface area contributed by atoms with Crippen LogP contribution in [0.2, 0.25) is 0 Å². The summed E-state index contributed by atoms with van der Waals surface area (Å²) in [6.07, 6.45) is 0. The van der Waals surface area contributed by atoms with Crippen LogP contribution in [0.5, 0.6) is 5.75 Å². The van der Waals surface area contributed by atoms with Gasteiger partial charge in [-0.2, -0.15) is 0 Å². The first-order chi connectivity index (χ1) is 14.3. The van der Waals surface area contributed by atoms with Gasteiger partial charge in [-0.25, -0.2) is 8.42 Å². The summed E-state index contributed by atoms with van der Waals surface area (Å²) in [6.45, 7) is 1.79. The smallest absolute Gasteiger partial charge is 0.264 e. The third kappa shape index (κ3) is 4.16. The molecule has 0 spiro atoms. The molecule has 3 rings (SSSR count). The molecule has 0 aliphatic carbocycles. The van der Waals surface area contributed by atoms with Gasteiger partial charge in [0.05, 0.1) is 17.7 Å². The van der Waals surface area contributed by atoms with E-state index < -0.39 is 10.0 Å². The van der Waals surface area contributed by atoms with Crippen molar-refractivity contribution in [3.63, 3.8) is 0 Å². The number of nitrogens with zero attached hydrogens (tertiary/aromatic N) is 2. The topological polar surface area (TPSA) is 66.9 Å². The highest BCUT2D eigenvalue weighted by Gasteiger charge is 2.23. The zero-order valence-electron chi connectivity index (χ0n) is 17.4. The van der Waals surface area contributed by atoms with Gasteiger partial charge < -0.3 is 9.64 Å². The summed E-state index contributed by atoms with van der Waals surface area (Å²) < 4.78 is 32.3. The van der Waals surface area contributed by atoms with Crippen molar-refractivity contribution in [2.45, 2.75) is 11.8 Å². The molecule has 0 saturated carbocycles. The van der Waals surface area contributed by atoms with Gasteiger partial charge in [0.2, 0.25) is 0 Å². The van der Waals surface area contributed by atoms with Crippen molar-refractivity contribution < 1.29 is 17.9 Å². The molecule has 0 fully saturated rings. The van der Waals surface area contributed by atoms with Crippen molar-refractivity contribution in [2.24, 2.45) is 0 Å².